The van der Waals surface area contributed by atoms with E-state index in [0.717, 1.165) is 56.4 Å². The number of nitrogens with two attached hydrogens (primary N) is 1. The molecule has 1 aromatic rings. The molecular formula is C30H49N3O4. The van der Waals surface area contributed by atoms with Gasteiger partial charge in [0.2, 0.25) is 0 Å². The van der Waals surface area contributed by atoms with Crippen molar-refractivity contribution in [3.63, 3.8) is 0 Å². The van der Waals surface area contributed by atoms with E-state index in [1.807, 2.05) is 11.9 Å². The fourth-order valence-electron chi connectivity index (χ4n) is 7.55. The van der Waals surface area contributed by atoms with Gasteiger partial charge in [0.1, 0.15) is 5.75 Å². The van der Waals surface area contributed by atoms with Crippen LogP contribution in [0.25, 0.3) is 0 Å². The van der Waals surface area contributed by atoms with Crippen molar-refractivity contribution in [1.29, 1.82) is 0 Å². The van der Waals surface area contributed by atoms with Crippen LogP contribution in [0.5, 0.6) is 5.75 Å². The molecule has 2 heterocycles. The van der Waals surface area contributed by atoms with E-state index in [2.05, 4.69) is 23.5 Å². The molecule has 4 atom stereocenters. The van der Waals surface area contributed by atoms with Crippen molar-refractivity contribution in [2.75, 3.05) is 40.5 Å². The number of rotatable bonds is 12. The first-order valence-corrected chi connectivity index (χ1v) is 14.7. The summed E-state index contributed by atoms with van der Waals surface area (Å²) in [4.78, 5) is 14.8. The van der Waals surface area contributed by atoms with Crippen LogP contribution >= 0.6 is 0 Å². The average Bonchev–Trinajstić information content (AvgIpc) is 3.40. The molecule has 37 heavy (non-hydrogen) atoms. The van der Waals surface area contributed by atoms with Crippen LogP contribution in [0.3, 0.4) is 0 Å². The highest BCUT2D eigenvalue weighted by atomic mass is 16.5. The number of likely N-dealkylation sites (tertiary alicyclic amines) is 1. The zero-order valence-corrected chi connectivity index (χ0v) is 23.1. The van der Waals surface area contributed by atoms with Crippen LogP contribution in [0.1, 0.15) is 81.8 Å². The number of aliphatic hydroxyl groups is 1. The molecule has 7 nitrogen and oxygen atoms in total. The number of hydrogen-bond acceptors (Lipinski definition) is 5. The maximum Gasteiger partial charge on any atom is 0.315 e. The Kier molecular flexibility index (Phi) is 10.1. The molecule has 2 amide bonds. The van der Waals surface area contributed by atoms with E-state index >= 15 is 0 Å². The van der Waals surface area contributed by atoms with Crippen molar-refractivity contribution in [3.05, 3.63) is 29.3 Å². The smallest absolute Gasteiger partial charge is 0.315 e. The highest BCUT2D eigenvalue weighted by Gasteiger charge is 2.51. The monoisotopic (exact) mass is 515 g/mol. The van der Waals surface area contributed by atoms with Gasteiger partial charge in [-0.05, 0) is 69.5 Å². The quantitative estimate of drug-likeness (QED) is 0.354. The van der Waals surface area contributed by atoms with Gasteiger partial charge in [0.25, 0.3) is 0 Å². The lowest BCUT2D eigenvalue weighted by atomic mass is 9.65. The van der Waals surface area contributed by atoms with E-state index in [1.54, 1.807) is 7.11 Å². The van der Waals surface area contributed by atoms with Crippen LogP contribution in [-0.2, 0) is 16.8 Å². The Morgan fingerprint density at radius 3 is 2.78 bits per heavy atom. The van der Waals surface area contributed by atoms with Gasteiger partial charge in [-0.3, -0.25) is 0 Å². The minimum atomic E-state index is -1.11. The van der Waals surface area contributed by atoms with E-state index in [1.165, 1.54) is 37.7 Å². The molecule has 208 valence electrons. The van der Waals surface area contributed by atoms with Crippen LogP contribution in [0, 0.1) is 17.8 Å². The second-order valence-electron chi connectivity index (χ2n) is 11.6. The molecular weight excluding hydrogens is 466 g/mol. The Balaban J connectivity index is 1.74. The number of urea groups is 1. The molecule has 2 unspecified atom stereocenters. The number of hydrogen-bond donors (Lipinski definition) is 3. The number of piperidine rings is 1. The highest BCUT2D eigenvalue weighted by Crippen LogP contribution is 2.49. The first kappa shape index (κ1) is 28.2. The molecule has 0 spiro atoms. The van der Waals surface area contributed by atoms with E-state index in [9.17, 15) is 9.90 Å². The van der Waals surface area contributed by atoms with Crippen LogP contribution < -0.4 is 15.8 Å². The van der Waals surface area contributed by atoms with Crippen molar-refractivity contribution in [3.8, 4) is 5.75 Å². The Morgan fingerprint density at radius 2 is 2.05 bits per heavy atom. The van der Waals surface area contributed by atoms with Gasteiger partial charge in [-0.15, -0.1) is 0 Å². The van der Waals surface area contributed by atoms with E-state index in [0.29, 0.717) is 32.1 Å². The molecule has 0 radical (unpaired) electrons. The molecule has 1 aromatic carbocycles. The standard InChI is InChI=1S/C30H49N3O4/c1-32-21-24(20-22-10-4-3-5-11-22)27-25(14-9-17-33(27)29(31)34)30(35,16-6-7-18-36-2)26-13-8-12-23-15-19-37-28(23)26/h8,12-13,22,24-25,27,32,35H,3-7,9-11,14-21H2,1-2H3,(H2,31,34)/t24-,25?,27?,30-/m0/s1. The van der Waals surface area contributed by atoms with Gasteiger partial charge in [0.05, 0.1) is 12.2 Å². The number of nitrogens with one attached hydrogen (secondary N) is 1. The summed E-state index contributed by atoms with van der Waals surface area (Å²) in [5.74, 6) is 1.63. The second-order valence-corrected chi connectivity index (χ2v) is 11.6. The number of fused-ring (bicyclic) bond motifs is 1. The number of para-hydroxylation sites is 1. The van der Waals surface area contributed by atoms with Gasteiger partial charge in [0.15, 0.2) is 0 Å². The van der Waals surface area contributed by atoms with Gasteiger partial charge in [0, 0.05) is 44.2 Å². The van der Waals surface area contributed by atoms with Gasteiger partial charge in [-0.1, -0.05) is 50.3 Å². The van der Waals surface area contributed by atoms with Gasteiger partial charge in [-0.2, -0.15) is 0 Å². The lowest BCUT2D eigenvalue weighted by Gasteiger charge is -2.51. The van der Waals surface area contributed by atoms with Crippen LogP contribution in [0.2, 0.25) is 0 Å². The normalized spacial score (nSPS) is 24.8. The first-order valence-electron chi connectivity index (χ1n) is 14.7. The summed E-state index contributed by atoms with van der Waals surface area (Å²) in [6.07, 6.45) is 12.4. The summed E-state index contributed by atoms with van der Waals surface area (Å²) in [6, 6.07) is 5.73. The fourth-order valence-corrected chi connectivity index (χ4v) is 7.55. The topological polar surface area (TPSA) is 97.1 Å². The lowest BCUT2D eigenvalue weighted by Crippen LogP contribution is -2.60. The molecule has 1 aliphatic carbocycles. The number of carbonyl (C=O) groups is 1. The minimum Gasteiger partial charge on any atom is -0.493 e. The third-order valence-electron chi connectivity index (χ3n) is 9.23. The zero-order valence-electron chi connectivity index (χ0n) is 23.1. The molecule has 3 aliphatic rings. The number of methoxy groups -OCH3 is 1. The number of carbonyl (C=O) groups excluding carboxylic acids is 1. The molecule has 0 aromatic heterocycles. The van der Waals surface area contributed by atoms with Crippen molar-refractivity contribution in [1.82, 2.24) is 10.2 Å². The molecule has 2 fully saturated rings. The highest BCUT2D eigenvalue weighted by molar-refractivity contribution is 5.72. The van der Waals surface area contributed by atoms with E-state index < -0.39 is 5.60 Å². The number of ether oxygens (including phenoxy) is 2. The van der Waals surface area contributed by atoms with Crippen LogP contribution in [-0.4, -0.2) is 62.5 Å². The van der Waals surface area contributed by atoms with Crippen LogP contribution in [0.4, 0.5) is 4.79 Å². The van der Waals surface area contributed by atoms with Crippen molar-refractivity contribution >= 4 is 6.03 Å². The third-order valence-corrected chi connectivity index (χ3v) is 9.23. The third kappa shape index (κ3) is 6.43. The predicted octanol–water partition coefficient (Wildman–Crippen LogP) is 4.59. The van der Waals surface area contributed by atoms with Gasteiger partial charge >= 0.3 is 6.03 Å². The zero-order chi connectivity index (χ0) is 26.3. The summed E-state index contributed by atoms with van der Waals surface area (Å²) >= 11 is 0. The number of benzene rings is 1. The van der Waals surface area contributed by atoms with Crippen LogP contribution in [0.15, 0.2) is 18.2 Å². The molecule has 0 bridgehead atoms. The van der Waals surface area contributed by atoms with Gasteiger partial charge in [-0.25, -0.2) is 4.79 Å². The molecule has 4 rings (SSSR count). The number of nitrogens with zero attached hydrogens (tertiary/aromatic N) is 1. The summed E-state index contributed by atoms with van der Waals surface area (Å²) in [6.45, 7) is 2.79. The predicted molar refractivity (Wildman–Crippen MR) is 147 cm³/mol. The average molecular weight is 516 g/mol. The SMILES string of the molecule is CNC[C@H](CC1CCCCC1)C1C([C@@](O)(CCCCOC)c2cccc3c2OCC3)CCCN1C(N)=O. The number of amides is 2. The Bertz CT molecular complexity index is 874. The summed E-state index contributed by atoms with van der Waals surface area (Å²) in [5.41, 5.74) is 6.99. The largest absolute Gasteiger partial charge is 0.493 e. The van der Waals surface area contributed by atoms with Crippen molar-refractivity contribution in [2.45, 2.75) is 88.7 Å². The molecule has 4 N–H and O–H groups in total. The first-order chi connectivity index (χ1) is 18.0. The Labute approximate surface area is 223 Å². The maximum absolute atomic E-state index is 12.9. The van der Waals surface area contributed by atoms with Crippen molar-refractivity contribution < 1.29 is 19.4 Å². The summed E-state index contributed by atoms with van der Waals surface area (Å²) < 4.78 is 11.5. The van der Waals surface area contributed by atoms with Gasteiger partial charge < -0.3 is 30.5 Å². The summed E-state index contributed by atoms with van der Waals surface area (Å²) in [7, 11) is 3.72. The van der Waals surface area contributed by atoms with E-state index in [-0.39, 0.29) is 23.9 Å². The fraction of sp³-hybridized carbons (Fsp3) is 0.767. The Hall–Kier alpha value is -1.83. The molecule has 1 saturated carbocycles. The number of unbranched alkanes of at least 4 members (excludes halogenated alkanes) is 1. The molecule has 2 aliphatic heterocycles. The van der Waals surface area contributed by atoms with Crippen molar-refractivity contribution in [2.24, 2.45) is 23.5 Å². The second kappa shape index (κ2) is 13.3. The molecule has 7 heteroatoms. The summed E-state index contributed by atoms with van der Waals surface area (Å²) in [5, 5.41) is 16.3. The minimum absolute atomic E-state index is 0.117. The number of primary amides is 1. The Morgan fingerprint density at radius 1 is 1.24 bits per heavy atom. The molecule has 1 saturated heterocycles. The van der Waals surface area contributed by atoms with E-state index in [4.69, 9.17) is 15.2 Å². The maximum atomic E-state index is 12.9. The lowest BCUT2D eigenvalue weighted by molar-refractivity contribution is -0.0945.